The van der Waals surface area contributed by atoms with Gasteiger partial charge in [0.2, 0.25) is 5.82 Å². The van der Waals surface area contributed by atoms with Crippen LogP contribution in [0.4, 0.5) is 0 Å². The summed E-state index contributed by atoms with van der Waals surface area (Å²) in [5.74, 6) is -0.181. The molecule has 1 aliphatic heterocycles. The highest BCUT2D eigenvalue weighted by molar-refractivity contribution is 6.02. The Balaban J connectivity index is 1.97. The highest BCUT2D eigenvalue weighted by atomic mass is 16.2. The maximum atomic E-state index is 12.9. The standard InChI is InChI=1S/C18H22N4O2/c1-2-10-19-17(23)16-20-15(14-9-5-8-13-22(14)16)18(24)21-11-6-3-4-7-12-21/h2,5,8-9,13H,1,3-4,6-7,10-12H2,(H,19,23). The number of aromatic nitrogens is 2. The van der Waals surface area contributed by atoms with E-state index in [1.807, 2.05) is 23.1 Å². The van der Waals surface area contributed by atoms with Gasteiger partial charge < -0.3 is 10.2 Å². The van der Waals surface area contributed by atoms with Crippen LogP contribution in [0.5, 0.6) is 0 Å². The minimum Gasteiger partial charge on any atom is -0.346 e. The molecule has 0 radical (unpaired) electrons. The first-order valence-corrected chi connectivity index (χ1v) is 8.38. The summed E-state index contributed by atoms with van der Waals surface area (Å²) in [7, 11) is 0. The first-order chi connectivity index (χ1) is 11.7. The Labute approximate surface area is 141 Å². The maximum Gasteiger partial charge on any atom is 0.287 e. The molecular formula is C18H22N4O2. The number of rotatable bonds is 4. The lowest BCUT2D eigenvalue weighted by molar-refractivity contribution is 0.0758. The van der Waals surface area contributed by atoms with Crippen molar-refractivity contribution in [3.05, 3.63) is 48.6 Å². The van der Waals surface area contributed by atoms with Gasteiger partial charge >= 0.3 is 0 Å². The van der Waals surface area contributed by atoms with E-state index in [1.54, 1.807) is 16.7 Å². The molecule has 126 valence electrons. The molecule has 1 saturated heterocycles. The molecule has 6 heteroatoms. The van der Waals surface area contributed by atoms with Gasteiger partial charge in [-0.2, -0.15) is 0 Å². The van der Waals surface area contributed by atoms with Crippen molar-refractivity contribution in [1.29, 1.82) is 0 Å². The molecule has 0 bridgehead atoms. The summed E-state index contributed by atoms with van der Waals surface area (Å²) in [6.07, 6.45) is 7.71. The lowest BCUT2D eigenvalue weighted by Gasteiger charge is -2.19. The predicted molar refractivity (Wildman–Crippen MR) is 92.1 cm³/mol. The number of imidazole rings is 1. The predicted octanol–water partition coefficient (Wildman–Crippen LogP) is 2.27. The molecular weight excluding hydrogens is 304 g/mol. The van der Waals surface area contributed by atoms with Crippen LogP contribution in [-0.4, -0.2) is 45.7 Å². The smallest absolute Gasteiger partial charge is 0.287 e. The van der Waals surface area contributed by atoms with Crippen LogP contribution in [0.3, 0.4) is 0 Å². The van der Waals surface area contributed by atoms with E-state index in [2.05, 4.69) is 16.9 Å². The first-order valence-electron chi connectivity index (χ1n) is 8.38. The van der Waals surface area contributed by atoms with Crippen molar-refractivity contribution in [2.24, 2.45) is 0 Å². The molecule has 0 aliphatic carbocycles. The molecule has 24 heavy (non-hydrogen) atoms. The quantitative estimate of drug-likeness (QED) is 0.877. The van der Waals surface area contributed by atoms with Gasteiger partial charge in [0, 0.05) is 25.8 Å². The fourth-order valence-electron chi connectivity index (χ4n) is 3.02. The van der Waals surface area contributed by atoms with Crippen molar-refractivity contribution in [3.8, 4) is 0 Å². The molecule has 6 nitrogen and oxygen atoms in total. The van der Waals surface area contributed by atoms with Crippen molar-refractivity contribution in [2.75, 3.05) is 19.6 Å². The molecule has 0 atom stereocenters. The van der Waals surface area contributed by atoms with Crippen LogP contribution >= 0.6 is 0 Å². The number of carbonyl (C=O) groups is 2. The number of carbonyl (C=O) groups excluding carboxylic acids is 2. The van der Waals surface area contributed by atoms with Crippen molar-refractivity contribution < 1.29 is 9.59 Å². The zero-order valence-corrected chi connectivity index (χ0v) is 13.7. The number of hydrogen-bond acceptors (Lipinski definition) is 3. The van der Waals surface area contributed by atoms with E-state index in [0.717, 1.165) is 38.8 Å². The zero-order valence-electron chi connectivity index (χ0n) is 13.7. The molecule has 2 aromatic rings. The minimum atomic E-state index is -0.314. The van der Waals surface area contributed by atoms with E-state index in [1.165, 1.54) is 0 Å². The lowest BCUT2D eigenvalue weighted by Crippen LogP contribution is -2.32. The Morgan fingerprint density at radius 2 is 1.96 bits per heavy atom. The van der Waals surface area contributed by atoms with Gasteiger partial charge in [-0.15, -0.1) is 6.58 Å². The van der Waals surface area contributed by atoms with Crippen LogP contribution < -0.4 is 5.32 Å². The Morgan fingerprint density at radius 3 is 2.67 bits per heavy atom. The van der Waals surface area contributed by atoms with Gasteiger partial charge in [0.15, 0.2) is 5.69 Å². The van der Waals surface area contributed by atoms with Crippen LogP contribution in [0.1, 0.15) is 46.8 Å². The summed E-state index contributed by atoms with van der Waals surface area (Å²) >= 11 is 0. The van der Waals surface area contributed by atoms with Crippen LogP contribution in [-0.2, 0) is 0 Å². The van der Waals surface area contributed by atoms with Crippen LogP contribution in [0.25, 0.3) is 5.52 Å². The van der Waals surface area contributed by atoms with Gasteiger partial charge in [0.05, 0.1) is 5.52 Å². The van der Waals surface area contributed by atoms with Gasteiger partial charge in [0.25, 0.3) is 11.8 Å². The van der Waals surface area contributed by atoms with Crippen LogP contribution in [0.15, 0.2) is 37.1 Å². The molecule has 3 rings (SSSR count). The van der Waals surface area contributed by atoms with E-state index in [-0.39, 0.29) is 17.6 Å². The summed E-state index contributed by atoms with van der Waals surface area (Å²) in [4.78, 5) is 31.5. The second kappa shape index (κ2) is 7.29. The Bertz CT molecular complexity index is 757. The summed E-state index contributed by atoms with van der Waals surface area (Å²) in [6, 6.07) is 5.49. The molecule has 1 fully saturated rings. The summed E-state index contributed by atoms with van der Waals surface area (Å²) in [6.45, 7) is 5.45. The monoisotopic (exact) mass is 326 g/mol. The number of nitrogens with one attached hydrogen (secondary N) is 1. The number of nitrogens with zero attached hydrogens (tertiary/aromatic N) is 3. The summed E-state index contributed by atoms with van der Waals surface area (Å²) < 4.78 is 1.67. The van der Waals surface area contributed by atoms with Gasteiger partial charge in [0.1, 0.15) is 0 Å². The third-order valence-corrected chi connectivity index (χ3v) is 4.25. The number of likely N-dealkylation sites (tertiary alicyclic amines) is 1. The maximum absolute atomic E-state index is 12.9. The number of hydrogen-bond donors (Lipinski definition) is 1. The normalized spacial score (nSPS) is 15.1. The average molecular weight is 326 g/mol. The molecule has 0 aromatic carbocycles. The molecule has 2 amide bonds. The fourth-order valence-corrected chi connectivity index (χ4v) is 3.02. The van der Waals surface area contributed by atoms with Crippen LogP contribution in [0, 0.1) is 0 Å². The Kier molecular flexibility index (Phi) is 4.93. The zero-order chi connectivity index (χ0) is 16.9. The van der Waals surface area contributed by atoms with Gasteiger partial charge in [-0.05, 0) is 25.0 Å². The van der Waals surface area contributed by atoms with E-state index in [0.29, 0.717) is 17.8 Å². The van der Waals surface area contributed by atoms with Crippen molar-refractivity contribution >= 4 is 17.3 Å². The molecule has 0 spiro atoms. The van der Waals surface area contributed by atoms with Crippen LogP contribution in [0.2, 0.25) is 0 Å². The van der Waals surface area contributed by atoms with E-state index < -0.39 is 0 Å². The van der Waals surface area contributed by atoms with Crippen molar-refractivity contribution in [1.82, 2.24) is 19.6 Å². The van der Waals surface area contributed by atoms with Crippen molar-refractivity contribution in [2.45, 2.75) is 25.7 Å². The van der Waals surface area contributed by atoms with Crippen molar-refractivity contribution in [3.63, 3.8) is 0 Å². The second-order valence-corrected chi connectivity index (χ2v) is 5.95. The van der Waals surface area contributed by atoms with Gasteiger partial charge in [-0.1, -0.05) is 25.0 Å². The Morgan fingerprint density at radius 1 is 1.21 bits per heavy atom. The van der Waals surface area contributed by atoms with Gasteiger partial charge in [-0.25, -0.2) is 4.98 Å². The third kappa shape index (κ3) is 3.18. The highest BCUT2D eigenvalue weighted by Gasteiger charge is 2.25. The average Bonchev–Trinajstić information content (AvgIpc) is 2.79. The largest absolute Gasteiger partial charge is 0.346 e. The Hall–Kier alpha value is -2.63. The van der Waals surface area contributed by atoms with E-state index in [9.17, 15) is 9.59 Å². The molecule has 1 aliphatic rings. The molecule has 3 heterocycles. The number of pyridine rings is 1. The number of fused-ring (bicyclic) bond motifs is 1. The van der Waals surface area contributed by atoms with E-state index >= 15 is 0 Å². The topological polar surface area (TPSA) is 66.7 Å². The third-order valence-electron chi connectivity index (χ3n) is 4.25. The summed E-state index contributed by atoms with van der Waals surface area (Å²) in [5.41, 5.74) is 1.01. The molecule has 2 aromatic heterocycles. The minimum absolute atomic E-state index is 0.0941. The first kappa shape index (κ1) is 16.2. The molecule has 1 N–H and O–H groups in total. The highest BCUT2D eigenvalue weighted by Crippen LogP contribution is 2.18. The molecule has 0 saturated carbocycles. The fraction of sp³-hybridized carbons (Fsp3) is 0.389. The van der Waals surface area contributed by atoms with E-state index in [4.69, 9.17) is 0 Å². The number of amides is 2. The second-order valence-electron chi connectivity index (χ2n) is 5.95. The summed E-state index contributed by atoms with van der Waals surface area (Å²) in [5, 5.41) is 2.72. The molecule has 0 unspecified atom stereocenters. The lowest BCUT2D eigenvalue weighted by atomic mass is 10.2. The SMILES string of the molecule is C=CCNC(=O)c1nc(C(=O)N2CCCCCC2)c2ccccn12. The van der Waals surface area contributed by atoms with Gasteiger partial charge in [-0.3, -0.25) is 14.0 Å².